The topological polar surface area (TPSA) is 37.8 Å². The molecule has 2 rings (SSSR count). The highest BCUT2D eigenvalue weighted by atomic mass is 14.9. The van der Waals surface area contributed by atoms with Gasteiger partial charge in [-0.3, -0.25) is 0 Å². The molecule has 3 nitrogen and oxygen atoms in total. The number of nitrogens with one attached hydrogen (secondary N) is 1. The lowest BCUT2D eigenvalue weighted by atomic mass is 10.1. The Balaban J connectivity index is 1.74. The fourth-order valence-electron chi connectivity index (χ4n) is 1.32. The minimum Gasteiger partial charge on any atom is -0.312 e. The molecule has 1 heterocycles. The number of hydrogen-bond acceptors (Lipinski definition) is 3. The van der Waals surface area contributed by atoms with Gasteiger partial charge in [0.05, 0.1) is 0 Å². The Kier molecular flexibility index (Phi) is 2.27. The van der Waals surface area contributed by atoms with Crippen LogP contribution in [0, 0.1) is 5.41 Å². The highest BCUT2D eigenvalue weighted by Gasteiger charge is 2.36. The van der Waals surface area contributed by atoms with Crippen molar-refractivity contribution in [2.75, 3.05) is 6.54 Å². The van der Waals surface area contributed by atoms with E-state index in [2.05, 4.69) is 22.2 Å². The molecule has 0 spiro atoms. The summed E-state index contributed by atoms with van der Waals surface area (Å²) in [6.07, 6.45) is 8.01. The van der Waals surface area contributed by atoms with Crippen LogP contribution in [-0.2, 0) is 6.54 Å². The zero-order chi connectivity index (χ0) is 9.15. The van der Waals surface area contributed by atoms with E-state index in [0.29, 0.717) is 5.41 Å². The average molecular weight is 177 g/mol. The molecule has 0 aliphatic heterocycles. The lowest BCUT2D eigenvalue weighted by Crippen LogP contribution is -2.21. The van der Waals surface area contributed by atoms with Crippen molar-refractivity contribution in [3.05, 3.63) is 24.3 Å². The van der Waals surface area contributed by atoms with E-state index in [1.165, 1.54) is 12.8 Å². The first-order valence-electron chi connectivity index (χ1n) is 4.73. The molecule has 0 radical (unpaired) electrons. The summed E-state index contributed by atoms with van der Waals surface area (Å²) in [5.41, 5.74) is 1.74. The third-order valence-corrected chi connectivity index (χ3v) is 2.60. The average Bonchev–Trinajstić information content (AvgIpc) is 2.86. The number of hydrogen-bond donors (Lipinski definition) is 1. The predicted octanol–water partition coefficient (Wildman–Crippen LogP) is 1.37. The molecule has 0 amide bonds. The summed E-state index contributed by atoms with van der Waals surface area (Å²) in [5, 5.41) is 3.42. The van der Waals surface area contributed by atoms with Gasteiger partial charge < -0.3 is 5.32 Å². The zero-order valence-corrected chi connectivity index (χ0v) is 7.95. The van der Waals surface area contributed by atoms with Gasteiger partial charge in [0, 0.05) is 31.0 Å². The van der Waals surface area contributed by atoms with Crippen LogP contribution in [0.2, 0.25) is 0 Å². The molecular formula is C10H15N3. The van der Waals surface area contributed by atoms with Gasteiger partial charge in [0.15, 0.2) is 0 Å². The summed E-state index contributed by atoms with van der Waals surface area (Å²) < 4.78 is 0. The Morgan fingerprint density at radius 3 is 2.69 bits per heavy atom. The molecule has 0 unspecified atom stereocenters. The molecule has 0 atom stereocenters. The molecule has 0 bridgehead atoms. The maximum Gasteiger partial charge on any atom is 0.115 e. The van der Waals surface area contributed by atoms with Gasteiger partial charge >= 0.3 is 0 Å². The van der Waals surface area contributed by atoms with Gasteiger partial charge in [-0.05, 0) is 18.3 Å². The molecular weight excluding hydrogens is 162 g/mol. The van der Waals surface area contributed by atoms with Gasteiger partial charge in [-0.1, -0.05) is 6.92 Å². The van der Waals surface area contributed by atoms with Crippen molar-refractivity contribution in [2.45, 2.75) is 26.3 Å². The number of aromatic nitrogens is 2. The van der Waals surface area contributed by atoms with Crippen molar-refractivity contribution < 1.29 is 0 Å². The first-order valence-corrected chi connectivity index (χ1v) is 4.73. The van der Waals surface area contributed by atoms with Crippen molar-refractivity contribution in [1.82, 2.24) is 15.3 Å². The molecule has 1 aliphatic rings. The van der Waals surface area contributed by atoms with E-state index in [1.54, 1.807) is 6.33 Å². The fourth-order valence-corrected chi connectivity index (χ4v) is 1.32. The first-order chi connectivity index (χ1) is 6.29. The Morgan fingerprint density at radius 2 is 2.08 bits per heavy atom. The van der Waals surface area contributed by atoms with Gasteiger partial charge in [-0.2, -0.15) is 0 Å². The summed E-state index contributed by atoms with van der Waals surface area (Å²) >= 11 is 0. The molecule has 1 aromatic rings. The van der Waals surface area contributed by atoms with Crippen LogP contribution in [0.15, 0.2) is 18.7 Å². The summed E-state index contributed by atoms with van der Waals surface area (Å²) in [6.45, 7) is 4.32. The highest BCUT2D eigenvalue weighted by molar-refractivity contribution is 5.02. The molecule has 1 aliphatic carbocycles. The standard InChI is InChI=1S/C10H15N3/c1-10(2-3-10)7-11-4-9-5-12-8-13-6-9/h5-6,8,11H,2-4,7H2,1H3. The minimum atomic E-state index is 0.579. The zero-order valence-electron chi connectivity index (χ0n) is 7.95. The van der Waals surface area contributed by atoms with E-state index in [-0.39, 0.29) is 0 Å². The van der Waals surface area contributed by atoms with E-state index < -0.39 is 0 Å². The van der Waals surface area contributed by atoms with Crippen molar-refractivity contribution in [3.8, 4) is 0 Å². The maximum absolute atomic E-state index is 3.96. The second kappa shape index (κ2) is 3.42. The normalized spacial score (nSPS) is 18.5. The Labute approximate surface area is 78.6 Å². The van der Waals surface area contributed by atoms with E-state index in [0.717, 1.165) is 18.7 Å². The lowest BCUT2D eigenvalue weighted by Gasteiger charge is -2.08. The summed E-state index contributed by atoms with van der Waals surface area (Å²) in [5.74, 6) is 0. The summed E-state index contributed by atoms with van der Waals surface area (Å²) in [6, 6.07) is 0. The van der Waals surface area contributed by atoms with Gasteiger partial charge in [-0.15, -0.1) is 0 Å². The molecule has 0 saturated heterocycles. The second-order valence-electron chi connectivity index (χ2n) is 4.16. The van der Waals surface area contributed by atoms with Crippen molar-refractivity contribution >= 4 is 0 Å². The molecule has 0 aromatic carbocycles. The Morgan fingerprint density at radius 1 is 1.38 bits per heavy atom. The molecule has 3 heteroatoms. The molecule has 70 valence electrons. The van der Waals surface area contributed by atoms with E-state index in [1.807, 2.05) is 12.4 Å². The monoisotopic (exact) mass is 177 g/mol. The van der Waals surface area contributed by atoms with Crippen LogP contribution in [0.5, 0.6) is 0 Å². The second-order valence-corrected chi connectivity index (χ2v) is 4.16. The Bertz CT molecular complexity index is 267. The third-order valence-electron chi connectivity index (χ3n) is 2.60. The van der Waals surface area contributed by atoms with E-state index in [4.69, 9.17) is 0 Å². The predicted molar refractivity (Wildman–Crippen MR) is 51.1 cm³/mol. The van der Waals surface area contributed by atoms with Gasteiger partial charge in [0.25, 0.3) is 0 Å². The lowest BCUT2D eigenvalue weighted by molar-refractivity contribution is 0.499. The quantitative estimate of drug-likeness (QED) is 0.754. The van der Waals surface area contributed by atoms with Crippen LogP contribution in [0.1, 0.15) is 25.3 Å². The molecule has 1 aromatic heterocycles. The molecule has 1 saturated carbocycles. The number of nitrogens with zero attached hydrogens (tertiary/aromatic N) is 2. The van der Waals surface area contributed by atoms with Gasteiger partial charge in [0.2, 0.25) is 0 Å². The number of rotatable bonds is 4. The third kappa shape index (κ3) is 2.49. The van der Waals surface area contributed by atoms with Crippen LogP contribution >= 0.6 is 0 Å². The van der Waals surface area contributed by atoms with Crippen LogP contribution in [0.3, 0.4) is 0 Å². The van der Waals surface area contributed by atoms with Gasteiger partial charge in [-0.25, -0.2) is 9.97 Å². The summed E-state index contributed by atoms with van der Waals surface area (Å²) in [4.78, 5) is 7.93. The maximum atomic E-state index is 3.96. The molecule has 1 N–H and O–H groups in total. The van der Waals surface area contributed by atoms with Crippen molar-refractivity contribution in [2.24, 2.45) is 5.41 Å². The van der Waals surface area contributed by atoms with Crippen molar-refractivity contribution in [3.63, 3.8) is 0 Å². The van der Waals surface area contributed by atoms with Gasteiger partial charge in [0.1, 0.15) is 6.33 Å². The van der Waals surface area contributed by atoms with E-state index in [9.17, 15) is 0 Å². The van der Waals surface area contributed by atoms with Crippen LogP contribution < -0.4 is 5.32 Å². The highest BCUT2D eigenvalue weighted by Crippen LogP contribution is 2.44. The molecule has 13 heavy (non-hydrogen) atoms. The summed E-state index contributed by atoms with van der Waals surface area (Å²) in [7, 11) is 0. The SMILES string of the molecule is CC1(CNCc2cncnc2)CC1. The smallest absolute Gasteiger partial charge is 0.115 e. The molecule has 1 fully saturated rings. The van der Waals surface area contributed by atoms with E-state index >= 15 is 0 Å². The van der Waals surface area contributed by atoms with Crippen LogP contribution in [-0.4, -0.2) is 16.5 Å². The first kappa shape index (κ1) is 8.63. The largest absolute Gasteiger partial charge is 0.312 e. The van der Waals surface area contributed by atoms with Crippen LogP contribution in [0.4, 0.5) is 0 Å². The van der Waals surface area contributed by atoms with Crippen molar-refractivity contribution in [1.29, 1.82) is 0 Å². The van der Waals surface area contributed by atoms with Crippen LogP contribution in [0.25, 0.3) is 0 Å². The minimum absolute atomic E-state index is 0.579. The fraction of sp³-hybridized carbons (Fsp3) is 0.600. The Hall–Kier alpha value is -0.960.